The third-order valence-electron chi connectivity index (χ3n) is 4.32. The maximum atomic E-state index is 12.6. The molecular formula is C19H18Cl2N2O3. The molecule has 1 N–H and O–H groups in total. The Kier molecular flexibility index (Phi) is 5.69. The average Bonchev–Trinajstić information content (AvgIpc) is 2.98. The highest BCUT2D eigenvalue weighted by atomic mass is 35.5. The number of nitrogens with zero attached hydrogens (tertiary/aromatic N) is 1. The standard InChI is InChI=1S/C19H18Cl2N2O3/c1-26-17-7-6-14(20)9-16(17)22-19(25)13-8-18(24)23(11-13)10-12-4-2-3-5-15(12)21/h2-7,9,13H,8,10-11H2,1H3,(H,22,25)/t13-/m0/s1. The van der Waals surface area contributed by atoms with Crippen LogP contribution < -0.4 is 10.1 Å². The van der Waals surface area contributed by atoms with Crippen LogP contribution in [-0.2, 0) is 16.1 Å². The Morgan fingerprint density at radius 3 is 2.77 bits per heavy atom. The minimum Gasteiger partial charge on any atom is -0.495 e. The summed E-state index contributed by atoms with van der Waals surface area (Å²) in [6, 6.07) is 12.4. The lowest BCUT2D eigenvalue weighted by Crippen LogP contribution is -2.28. The zero-order chi connectivity index (χ0) is 18.7. The number of ether oxygens (including phenoxy) is 1. The van der Waals surface area contributed by atoms with Crippen LogP contribution in [0.15, 0.2) is 42.5 Å². The van der Waals surface area contributed by atoms with E-state index in [0.29, 0.717) is 34.6 Å². The lowest BCUT2D eigenvalue weighted by atomic mass is 10.1. The van der Waals surface area contributed by atoms with Gasteiger partial charge in [0.15, 0.2) is 0 Å². The molecule has 0 radical (unpaired) electrons. The number of amides is 2. The van der Waals surface area contributed by atoms with Crippen molar-refractivity contribution in [2.24, 2.45) is 5.92 Å². The van der Waals surface area contributed by atoms with E-state index in [4.69, 9.17) is 27.9 Å². The summed E-state index contributed by atoms with van der Waals surface area (Å²) < 4.78 is 5.23. The first kappa shape index (κ1) is 18.5. The van der Waals surface area contributed by atoms with Gasteiger partial charge in [0.1, 0.15) is 5.75 Å². The van der Waals surface area contributed by atoms with Crippen LogP contribution in [-0.4, -0.2) is 30.4 Å². The van der Waals surface area contributed by atoms with Gasteiger partial charge in [-0.25, -0.2) is 0 Å². The minimum absolute atomic E-state index is 0.0665. The van der Waals surface area contributed by atoms with Gasteiger partial charge in [-0.15, -0.1) is 0 Å². The molecule has 1 aliphatic heterocycles. The van der Waals surface area contributed by atoms with Crippen molar-refractivity contribution in [3.8, 4) is 5.75 Å². The van der Waals surface area contributed by atoms with Gasteiger partial charge < -0.3 is 15.0 Å². The van der Waals surface area contributed by atoms with Gasteiger partial charge in [0.25, 0.3) is 0 Å². The van der Waals surface area contributed by atoms with Crippen molar-refractivity contribution in [1.29, 1.82) is 0 Å². The van der Waals surface area contributed by atoms with E-state index in [1.165, 1.54) is 7.11 Å². The quantitative estimate of drug-likeness (QED) is 0.836. The van der Waals surface area contributed by atoms with Crippen LogP contribution in [0.5, 0.6) is 5.75 Å². The molecule has 1 saturated heterocycles. The molecule has 2 aromatic rings. The highest BCUT2D eigenvalue weighted by Crippen LogP contribution is 2.30. The molecule has 1 aliphatic rings. The van der Waals surface area contributed by atoms with E-state index in [1.807, 2.05) is 18.2 Å². The summed E-state index contributed by atoms with van der Waals surface area (Å²) >= 11 is 12.1. The topological polar surface area (TPSA) is 58.6 Å². The second-order valence-electron chi connectivity index (χ2n) is 6.10. The Labute approximate surface area is 161 Å². The van der Waals surface area contributed by atoms with Gasteiger partial charge in [-0.05, 0) is 29.8 Å². The second kappa shape index (κ2) is 7.98. The number of halogens is 2. The van der Waals surface area contributed by atoms with Gasteiger partial charge in [0.05, 0.1) is 18.7 Å². The molecule has 0 aliphatic carbocycles. The molecule has 1 fully saturated rings. The fraction of sp³-hybridized carbons (Fsp3) is 0.263. The molecule has 136 valence electrons. The molecule has 0 unspecified atom stereocenters. The van der Waals surface area contributed by atoms with Crippen LogP contribution in [0.3, 0.4) is 0 Å². The predicted octanol–water partition coefficient (Wildman–Crippen LogP) is 3.99. The monoisotopic (exact) mass is 392 g/mol. The summed E-state index contributed by atoms with van der Waals surface area (Å²) in [6.45, 7) is 0.738. The zero-order valence-electron chi connectivity index (χ0n) is 14.2. The summed E-state index contributed by atoms with van der Waals surface area (Å²) in [5.41, 5.74) is 1.35. The number of carbonyl (C=O) groups is 2. The van der Waals surface area contributed by atoms with Crippen molar-refractivity contribution in [1.82, 2.24) is 4.90 Å². The van der Waals surface area contributed by atoms with Crippen LogP contribution in [0.2, 0.25) is 10.0 Å². The van der Waals surface area contributed by atoms with Crippen molar-refractivity contribution < 1.29 is 14.3 Å². The lowest BCUT2D eigenvalue weighted by Gasteiger charge is -2.18. The van der Waals surface area contributed by atoms with Crippen LogP contribution >= 0.6 is 23.2 Å². The van der Waals surface area contributed by atoms with Crippen molar-refractivity contribution in [2.45, 2.75) is 13.0 Å². The number of nitrogens with one attached hydrogen (secondary N) is 1. The van der Waals surface area contributed by atoms with E-state index in [9.17, 15) is 9.59 Å². The van der Waals surface area contributed by atoms with Gasteiger partial charge in [0.2, 0.25) is 11.8 Å². The zero-order valence-corrected chi connectivity index (χ0v) is 15.7. The molecule has 26 heavy (non-hydrogen) atoms. The minimum atomic E-state index is -0.436. The molecular weight excluding hydrogens is 375 g/mol. The number of carbonyl (C=O) groups excluding carboxylic acids is 2. The Bertz CT molecular complexity index is 841. The van der Waals surface area contributed by atoms with Crippen molar-refractivity contribution in [2.75, 3.05) is 19.0 Å². The molecule has 7 heteroatoms. The summed E-state index contributed by atoms with van der Waals surface area (Å²) in [4.78, 5) is 26.5. The Hall–Kier alpha value is -2.24. The number of likely N-dealkylation sites (tertiary alicyclic amines) is 1. The van der Waals surface area contributed by atoms with Gasteiger partial charge in [-0.3, -0.25) is 9.59 Å². The smallest absolute Gasteiger partial charge is 0.229 e. The molecule has 3 rings (SSSR count). The molecule has 0 spiro atoms. The highest BCUT2D eigenvalue weighted by molar-refractivity contribution is 6.31. The van der Waals surface area contributed by atoms with Gasteiger partial charge >= 0.3 is 0 Å². The predicted molar refractivity (Wildman–Crippen MR) is 102 cm³/mol. The van der Waals surface area contributed by atoms with E-state index in [-0.39, 0.29) is 18.2 Å². The second-order valence-corrected chi connectivity index (χ2v) is 6.94. The van der Waals surface area contributed by atoms with E-state index in [1.54, 1.807) is 29.2 Å². The van der Waals surface area contributed by atoms with E-state index >= 15 is 0 Å². The summed E-state index contributed by atoms with van der Waals surface area (Å²) in [5.74, 6) is -0.225. The largest absolute Gasteiger partial charge is 0.495 e. The number of anilines is 1. The molecule has 0 aromatic heterocycles. The molecule has 2 amide bonds. The molecule has 5 nitrogen and oxygen atoms in total. The number of methoxy groups -OCH3 is 1. The van der Waals surface area contributed by atoms with Crippen LogP contribution in [0.4, 0.5) is 5.69 Å². The molecule has 2 aromatic carbocycles. The van der Waals surface area contributed by atoms with Crippen molar-refractivity contribution >= 4 is 40.7 Å². The van der Waals surface area contributed by atoms with Crippen LogP contribution in [0.25, 0.3) is 0 Å². The van der Waals surface area contributed by atoms with Gasteiger partial charge in [-0.2, -0.15) is 0 Å². The third kappa shape index (κ3) is 4.11. The number of rotatable bonds is 5. The van der Waals surface area contributed by atoms with Crippen molar-refractivity contribution in [3.05, 3.63) is 58.1 Å². The first-order chi connectivity index (χ1) is 12.5. The van der Waals surface area contributed by atoms with E-state index < -0.39 is 5.92 Å². The fourth-order valence-corrected chi connectivity index (χ4v) is 3.31. The number of benzene rings is 2. The highest BCUT2D eigenvalue weighted by Gasteiger charge is 2.34. The molecule has 1 atom stereocenters. The van der Waals surface area contributed by atoms with Crippen LogP contribution in [0, 0.1) is 5.92 Å². The Morgan fingerprint density at radius 1 is 1.27 bits per heavy atom. The Balaban J connectivity index is 1.68. The average molecular weight is 393 g/mol. The van der Waals surface area contributed by atoms with Crippen LogP contribution in [0.1, 0.15) is 12.0 Å². The van der Waals surface area contributed by atoms with E-state index in [0.717, 1.165) is 5.56 Å². The lowest BCUT2D eigenvalue weighted by molar-refractivity contribution is -0.128. The molecule has 0 bridgehead atoms. The number of hydrogen-bond acceptors (Lipinski definition) is 3. The fourth-order valence-electron chi connectivity index (χ4n) is 2.95. The molecule has 0 saturated carbocycles. The summed E-state index contributed by atoms with van der Waals surface area (Å²) in [6.07, 6.45) is 0.166. The summed E-state index contributed by atoms with van der Waals surface area (Å²) in [5, 5.41) is 3.91. The summed E-state index contributed by atoms with van der Waals surface area (Å²) in [7, 11) is 1.52. The van der Waals surface area contributed by atoms with Gasteiger partial charge in [-0.1, -0.05) is 41.4 Å². The van der Waals surface area contributed by atoms with Crippen molar-refractivity contribution in [3.63, 3.8) is 0 Å². The van der Waals surface area contributed by atoms with E-state index in [2.05, 4.69) is 5.32 Å². The molecule has 1 heterocycles. The Morgan fingerprint density at radius 2 is 2.04 bits per heavy atom. The van der Waals surface area contributed by atoms with Gasteiger partial charge in [0, 0.05) is 29.6 Å². The third-order valence-corrected chi connectivity index (χ3v) is 4.93. The normalized spacial score (nSPS) is 16.7. The SMILES string of the molecule is COc1ccc(Cl)cc1NC(=O)[C@H]1CC(=O)N(Cc2ccccc2Cl)C1. The maximum Gasteiger partial charge on any atom is 0.229 e. The maximum absolute atomic E-state index is 12.6. The first-order valence-corrected chi connectivity index (χ1v) is 8.89. The first-order valence-electron chi connectivity index (χ1n) is 8.13. The number of hydrogen-bond donors (Lipinski definition) is 1.